The predicted octanol–water partition coefficient (Wildman–Crippen LogP) is 6.08. The van der Waals surface area contributed by atoms with Crippen molar-refractivity contribution in [2.75, 3.05) is 27.4 Å². The highest BCUT2D eigenvalue weighted by Crippen LogP contribution is 2.33. The van der Waals surface area contributed by atoms with Gasteiger partial charge in [-0.15, -0.1) is 0 Å². The van der Waals surface area contributed by atoms with Gasteiger partial charge in [0.05, 0.1) is 22.8 Å². The van der Waals surface area contributed by atoms with Gasteiger partial charge in [-0.2, -0.15) is 0 Å². The number of hydrogen-bond donors (Lipinski definition) is 1. The summed E-state index contributed by atoms with van der Waals surface area (Å²) in [5.74, 6) is -1.93. The first kappa shape index (κ1) is 30.2. The summed E-state index contributed by atoms with van der Waals surface area (Å²) in [5.41, 5.74) is 0.430. The molecule has 0 aliphatic carbocycles. The summed E-state index contributed by atoms with van der Waals surface area (Å²) >= 11 is 0. The van der Waals surface area contributed by atoms with Gasteiger partial charge < -0.3 is 19.5 Å². The van der Waals surface area contributed by atoms with Crippen LogP contribution in [0.25, 0.3) is 11.3 Å². The average Bonchev–Trinajstić information content (AvgIpc) is 3.36. The highest BCUT2D eigenvalue weighted by atomic mass is 32.2. The molecule has 0 aliphatic heterocycles. The van der Waals surface area contributed by atoms with E-state index in [0.29, 0.717) is 37.5 Å². The van der Waals surface area contributed by atoms with Crippen molar-refractivity contribution in [3.63, 3.8) is 0 Å². The molecule has 7 nitrogen and oxygen atoms in total. The molecule has 11 heteroatoms. The maximum absolute atomic E-state index is 15.5. The zero-order chi connectivity index (χ0) is 29.6. The number of nitrogens with one attached hydrogen (secondary N) is 1. The standard InChI is InChI=1S/C30H31F3N2O5S/c1-20(30-26(31)9-5-10-27(30)32)40-23-11-12-25(28(33)17-23)29-15-21(18-34-2)19-35(29)41(36,37)24-8-4-7-22(16-24)39-14-6-13-38-3/h4-5,7-12,15-17,19-20,34H,6,13-14,18H2,1-3H3. The Kier molecular flexibility index (Phi) is 9.74. The van der Waals surface area contributed by atoms with Crippen LogP contribution in [0.5, 0.6) is 11.5 Å². The molecule has 0 spiro atoms. The molecule has 1 aromatic heterocycles. The van der Waals surface area contributed by atoms with E-state index in [9.17, 15) is 17.2 Å². The summed E-state index contributed by atoms with van der Waals surface area (Å²) in [4.78, 5) is -0.0318. The zero-order valence-corrected chi connectivity index (χ0v) is 23.7. The Hall–Kier alpha value is -3.80. The zero-order valence-electron chi connectivity index (χ0n) is 22.9. The van der Waals surface area contributed by atoms with E-state index in [1.165, 1.54) is 43.5 Å². The van der Waals surface area contributed by atoms with E-state index >= 15 is 4.39 Å². The highest BCUT2D eigenvalue weighted by Gasteiger charge is 2.25. The second-order valence-corrected chi connectivity index (χ2v) is 11.1. The lowest BCUT2D eigenvalue weighted by Crippen LogP contribution is -2.14. The Labute approximate surface area is 237 Å². The lowest BCUT2D eigenvalue weighted by atomic mass is 10.1. The third-order valence-corrected chi connectivity index (χ3v) is 7.95. The molecule has 218 valence electrons. The van der Waals surface area contributed by atoms with E-state index in [4.69, 9.17) is 14.2 Å². The number of halogens is 3. The molecule has 1 atom stereocenters. The van der Waals surface area contributed by atoms with Crippen LogP contribution in [0.3, 0.4) is 0 Å². The minimum absolute atomic E-state index is 0.0000245. The van der Waals surface area contributed by atoms with Crippen LogP contribution >= 0.6 is 0 Å². The second-order valence-electron chi connectivity index (χ2n) is 9.27. The highest BCUT2D eigenvalue weighted by molar-refractivity contribution is 7.90. The van der Waals surface area contributed by atoms with E-state index in [0.717, 1.165) is 22.2 Å². The monoisotopic (exact) mass is 588 g/mol. The summed E-state index contributed by atoms with van der Waals surface area (Å²) in [7, 11) is -0.867. The predicted molar refractivity (Wildman–Crippen MR) is 149 cm³/mol. The molecule has 0 fully saturated rings. The van der Waals surface area contributed by atoms with Gasteiger partial charge in [-0.1, -0.05) is 12.1 Å². The summed E-state index contributed by atoms with van der Waals surface area (Å²) < 4.78 is 88.7. The van der Waals surface area contributed by atoms with Crippen LogP contribution in [0.15, 0.2) is 77.8 Å². The molecular weight excluding hydrogens is 557 g/mol. The lowest BCUT2D eigenvalue weighted by Gasteiger charge is -2.17. The maximum atomic E-state index is 15.5. The van der Waals surface area contributed by atoms with E-state index in [1.54, 1.807) is 32.4 Å². The van der Waals surface area contributed by atoms with Crippen LogP contribution in [0.4, 0.5) is 13.2 Å². The maximum Gasteiger partial charge on any atom is 0.268 e. The van der Waals surface area contributed by atoms with Gasteiger partial charge in [0.15, 0.2) is 0 Å². The fourth-order valence-corrected chi connectivity index (χ4v) is 5.79. The summed E-state index contributed by atoms with van der Waals surface area (Å²) in [6.07, 6.45) is 1.02. The first-order valence-electron chi connectivity index (χ1n) is 12.9. The smallest absolute Gasteiger partial charge is 0.268 e. The molecular formula is C30H31F3N2O5S. The molecule has 0 saturated carbocycles. The number of methoxy groups -OCH3 is 1. The number of hydrogen-bond acceptors (Lipinski definition) is 6. The van der Waals surface area contributed by atoms with Crippen LogP contribution < -0.4 is 14.8 Å². The third-order valence-electron chi connectivity index (χ3n) is 6.28. The average molecular weight is 589 g/mol. The van der Waals surface area contributed by atoms with E-state index in [-0.39, 0.29) is 27.5 Å². The largest absolute Gasteiger partial charge is 0.493 e. The van der Waals surface area contributed by atoms with Crippen LogP contribution in [-0.4, -0.2) is 39.8 Å². The Morgan fingerprint density at radius 1 is 0.902 bits per heavy atom. The van der Waals surface area contributed by atoms with Crippen LogP contribution in [0.1, 0.15) is 30.6 Å². The molecule has 41 heavy (non-hydrogen) atoms. The van der Waals surface area contributed by atoms with Gasteiger partial charge in [0, 0.05) is 50.6 Å². The van der Waals surface area contributed by atoms with Crippen molar-refractivity contribution in [2.45, 2.75) is 30.9 Å². The van der Waals surface area contributed by atoms with Crippen LogP contribution in [-0.2, 0) is 21.3 Å². The number of nitrogens with zero attached hydrogens (tertiary/aromatic N) is 1. The fraction of sp³-hybridized carbons (Fsp3) is 0.267. The molecule has 3 aromatic carbocycles. The van der Waals surface area contributed by atoms with Gasteiger partial charge in [-0.05, 0) is 62.0 Å². The lowest BCUT2D eigenvalue weighted by molar-refractivity contribution is 0.172. The van der Waals surface area contributed by atoms with Crippen molar-refractivity contribution < 1.29 is 35.8 Å². The number of rotatable bonds is 13. The quantitative estimate of drug-likeness (QED) is 0.191. The Bertz CT molecular complexity index is 1590. The Morgan fingerprint density at radius 2 is 1.63 bits per heavy atom. The number of ether oxygens (including phenoxy) is 3. The van der Waals surface area contributed by atoms with Crippen molar-refractivity contribution >= 4 is 10.0 Å². The Balaban J connectivity index is 1.66. The minimum Gasteiger partial charge on any atom is -0.493 e. The minimum atomic E-state index is -4.16. The van der Waals surface area contributed by atoms with Gasteiger partial charge in [-0.3, -0.25) is 0 Å². The molecule has 0 aliphatic rings. The van der Waals surface area contributed by atoms with Gasteiger partial charge in [0.2, 0.25) is 0 Å². The first-order chi connectivity index (χ1) is 19.6. The van der Waals surface area contributed by atoms with Crippen molar-refractivity contribution in [3.05, 3.63) is 102 Å². The summed E-state index contributed by atoms with van der Waals surface area (Å²) in [6, 6.07) is 15.0. The Morgan fingerprint density at radius 3 is 2.32 bits per heavy atom. The number of aromatic nitrogens is 1. The first-order valence-corrected chi connectivity index (χ1v) is 14.3. The summed E-state index contributed by atoms with van der Waals surface area (Å²) in [6.45, 7) is 2.64. The van der Waals surface area contributed by atoms with Crippen LogP contribution in [0, 0.1) is 17.5 Å². The van der Waals surface area contributed by atoms with Crippen molar-refractivity contribution in [1.82, 2.24) is 9.29 Å². The van der Waals surface area contributed by atoms with E-state index in [1.807, 2.05) is 0 Å². The van der Waals surface area contributed by atoms with E-state index < -0.39 is 33.6 Å². The molecule has 1 N–H and O–H groups in total. The molecule has 0 bridgehead atoms. The SMILES string of the molecule is CNCc1cc(-c2ccc(OC(C)c3c(F)cccc3F)cc2F)n(S(=O)(=O)c2cccc(OCCCOC)c2)c1. The van der Waals surface area contributed by atoms with Gasteiger partial charge in [0.1, 0.15) is 35.1 Å². The molecule has 0 saturated heterocycles. The van der Waals surface area contributed by atoms with Crippen molar-refractivity contribution in [3.8, 4) is 22.8 Å². The topological polar surface area (TPSA) is 78.8 Å². The molecule has 1 heterocycles. The van der Waals surface area contributed by atoms with Gasteiger partial charge >= 0.3 is 0 Å². The summed E-state index contributed by atoms with van der Waals surface area (Å²) in [5, 5.41) is 2.97. The molecule has 4 rings (SSSR count). The van der Waals surface area contributed by atoms with E-state index in [2.05, 4.69) is 5.32 Å². The van der Waals surface area contributed by atoms with Gasteiger partial charge in [-0.25, -0.2) is 25.6 Å². The normalized spacial score (nSPS) is 12.3. The van der Waals surface area contributed by atoms with Gasteiger partial charge in [0.25, 0.3) is 10.0 Å². The fourth-order valence-electron chi connectivity index (χ4n) is 4.36. The van der Waals surface area contributed by atoms with Crippen LogP contribution in [0.2, 0.25) is 0 Å². The number of benzene rings is 3. The molecule has 0 radical (unpaired) electrons. The third kappa shape index (κ3) is 6.92. The molecule has 4 aromatic rings. The second kappa shape index (κ2) is 13.2. The van der Waals surface area contributed by atoms with Crippen molar-refractivity contribution in [2.24, 2.45) is 0 Å². The van der Waals surface area contributed by atoms with Crippen molar-refractivity contribution in [1.29, 1.82) is 0 Å². The molecule has 0 amide bonds. The molecule has 1 unspecified atom stereocenters.